The van der Waals surface area contributed by atoms with Gasteiger partial charge in [-0.25, -0.2) is 13.1 Å². The van der Waals surface area contributed by atoms with Crippen molar-refractivity contribution in [2.24, 2.45) is 5.73 Å². The second-order valence-electron chi connectivity index (χ2n) is 3.59. The Kier molecular flexibility index (Phi) is 4.40. The molecule has 0 fully saturated rings. The molecule has 10 heteroatoms. The molecule has 0 saturated heterocycles. The Morgan fingerprint density at radius 2 is 2.05 bits per heavy atom. The van der Waals surface area contributed by atoms with Gasteiger partial charge in [-0.05, 0) is 6.07 Å². The average molecular weight is 288 g/mol. The van der Waals surface area contributed by atoms with Crippen LogP contribution in [0.4, 0.5) is 11.4 Å². The summed E-state index contributed by atoms with van der Waals surface area (Å²) in [6, 6.07) is 3.00. The summed E-state index contributed by atoms with van der Waals surface area (Å²) < 4.78 is 25.7. The lowest BCUT2D eigenvalue weighted by Crippen LogP contribution is -2.28. The number of nitrogens with two attached hydrogens (primary N) is 2. The van der Waals surface area contributed by atoms with Gasteiger partial charge in [0.2, 0.25) is 15.9 Å². The van der Waals surface area contributed by atoms with E-state index in [0.29, 0.717) is 0 Å². The third-order valence-corrected chi connectivity index (χ3v) is 3.69. The van der Waals surface area contributed by atoms with E-state index in [-0.39, 0.29) is 29.2 Å². The maximum absolute atomic E-state index is 11.8. The van der Waals surface area contributed by atoms with Crippen molar-refractivity contribution in [3.8, 4) is 0 Å². The monoisotopic (exact) mass is 288 g/mol. The number of benzene rings is 1. The molecule has 0 aromatic heterocycles. The lowest BCUT2D eigenvalue weighted by Gasteiger charge is -2.08. The SMILES string of the molecule is NC(=O)CCNS(=O)(=O)c1ccc([N+](=O)[O-])cc1N. The van der Waals surface area contributed by atoms with Gasteiger partial charge in [0, 0.05) is 25.1 Å². The zero-order valence-electron chi connectivity index (χ0n) is 9.70. The molecule has 0 spiro atoms. The number of carbonyl (C=O) groups is 1. The number of amides is 1. The van der Waals surface area contributed by atoms with Crippen LogP contribution < -0.4 is 16.2 Å². The van der Waals surface area contributed by atoms with E-state index in [1.807, 2.05) is 0 Å². The number of nitro groups is 1. The van der Waals surface area contributed by atoms with Crippen molar-refractivity contribution >= 4 is 27.3 Å². The smallest absolute Gasteiger partial charge is 0.271 e. The van der Waals surface area contributed by atoms with E-state index in [2.05, 4.69) is 4.72 Å². The highest BCUT2D eigenvalue weighted by atomic mass is 32.2. The van der Waals surface area contributed by atoms with E-state index < -0.39 is 20.9 Å². The number of rotatable bonds is 6. The Morgan fingerprint density at radius 1 is 1.42 bits per heavy atom. The largest absolute Gasteiger partial charge is 0.397 e. The fraction of sp³-hybridized carbons (Fsp3) is 0.222. The average Bonchev–Trinajstić information content (AvgIpc) is 2.27. The second-order valence-corrected chi connectivity index (χ2v) is 5.33. The fourth-order valence-corrected chi connectivity index (χ4v) is 2.42. The molecular weight excluding hydrogens is 276 g/mol. The van der Waals surface area contributed by atoms with E-state index in [9.17, 15) is 23.3 Å². The Balaban J connectivity index is 2.96. The lowest BCUT2D eigenvalue weighted by atomic mass is 10.3. The third-order valence-electron chi connectivity index (χ3n) is 2.16. The number of anilines is 1. The van der Waals surface area contributed by atoms with Gasteiger partial charge in [-0.3, -0.25) is 14.9 Å². The van der Waals surface area contributed by atoms with Crippen molar-refractivity contribution in [2.45, 2.75) is 11.3 Å². The molecule has 0 aliphatic heterocycles. The first-order valence-corrected chi connectivity index (χ1v) is 6.54. The molecule has 5 N–H and O–H groups in total. The molecule has 19 heavy (non-hydrogen) atoms. The minimum absolute atomic E-state index is 0.161. The van der Waals surface area contributed by atoms with Crippen molar-refractivity contribution in [1.82, 2.24) is 4.72 Å². The number of non-ortho nitro benzene ring substituents is 1. The van der Waals surface area contributed by atoms with Crippen LogP contribution in [-0.2, 0) is 14.8 Å². The minimum atomic E-state index is -3.93. The number of sulfonamides is 1. The molecule has 0 atom stereocenters. The number of carbonyl (C=O) groups excluding carboxylic acids is 1. The van der Waals surface area contributed by atoms with Gasteiger partial charge in [-0.1, -0.05) is 0 Å². The van der Waals surface area contributed by atoms with Crippen molar-refractivity contribution < 1.29 is 18.1 Å². The summed E-state index contributed by atoms with van der Waals surface area (Å²) in [5, 5.41) is 10.5. The number of nitrogens with one attached hydrogen (secondary N) is 1. The standard InChI is InChI=1S/C9H12N4O5S/c10-7-5-6(13(15)16)1-2-8(7)19(17,18)12-4-3-9(11)14/h1-2,5,12H,3-4,10H2,(H2,11,14). The molecule has 104 valence electrons. The summed E-state index contributed by atoms with van der Waals surface area (Å²) >= 11 is 0. The van der Waals surface area contributed by atoms with E-state index in [1.165, 1.54) is 0 Å². The minimum Gasteiger partial charge on any atom is -0.397 e. The summed E-state index contributed by atoms with van der Waals surface area (Å²) in [7, 11) is -3.93. The van der Waals surface area contributed by atoms with Crippen LogP contribution >= 0.6 is 0 Å². The molecular formula is C9H12N4O5S. The van der Waals surface area contributed by atoms with Crippen LogP contribution in [0, 0.1) is 10.1 Å². The highest BCUT2D eigenvalue weighted by Gasteiger charge is 2.19. The summed E-state index contributed by atoms with van der Waals surface area (Å²) in [5.74, 6) is -0.653. The molecule has 1 aromatic carbocycles. The molecule has 9 nitrogen and oxygen atoms in total. The predicted molar refractivity (Wildman–Crippen MR) is 66.5 cm³/mol. The van der Waals surface area contributed by atoms with Gasteiger partial charge >= 0.3 is 0 Å². The molecule has 1 rings (SSSR count). The van der Waals surface area contributed by atoms with Gasteiger partial charge in [-0.2, -0.15) is 0 Å². The lowest BCUT2D eigenvalue weighted by molar-refractivity contribution is -0.384. The van der Waals surface area contributed by atoms with Gasteiger partial charge < -0.3 is 11.5 Å². The Hall–Kier alpha value is -2.20. The zero-order chi connectivity index (χ0) is 14.6. The van der Waals surface area contributed by atoms with Gasteiger partial charge in [-0.15, -0.1) is 0 Å². The second kappa shape index (κ2) is 5.63. The number of hydrogen-bond donors (Lipinski definition) is 3. The third kappa shape index (κ3) is 3.89. The number of nitrogens with zero attached hydrogens (tertiary/aromatic N) is 1. The van der Waals surface area contributed by atoms with Gasteiger partial charge in [0.25, 0.3) is 5.69 Å². The summed E-state index contributed by atoms with van der Waals surface area (Å²) in [5.41, 5.74) is 9.77. The van der Waals surface area contributed by atoms with Crippen LogP contribution in [0.1, 0.15) is 6.42 Å². The van der Waals surface area contributed by atoms with Crippen LogP contribution in [0.15, 0.2) is 23.1 Å². The van der Waals surface area contributed by atoms with E-state index in [4.69, 9.17) is 11.5 Å². The summed E-state index contributed by atoms with van der Waals surface area (Å²) in [6.45, 7) is -0.173. The van der Waals surface area contributed by atoms with Crippen LogP contribution in [0.25, 0.3) is 0 Å². The van der Waals surface area contributed by atoms with Gasteiger partial charge in [0.15, 0.2) is 0 Å². The van der Waals surface area contributed by atoms with Crippen molar-refractivity contribution in [3.05, 3.63) is 28.3 Å². The quantitative estimate of drug-likeness (QED) is 0.357. The fourth-order valence-electron chi connectivity index (χ4n) is 1.28. The van der Waals surface area contributed by atoms with Gasteiger partial charge in [0.1, 0.15) is 4.90 Å². The Labute approximate surface area is 108 Å². The first kappa shape index (κ1) is 14.9. The van der Waals surface area contributed by atoms with Crippen LogP contribution in [0.5, 0.6) is 0 Å². The topological polar surface area (TPSA) is 158 Å². The normalized spacial score (nSPS) is 11.2. The molecule has 1 amide bonds. The Morgan fingerprint density at radius 3 is 2.53 bits per heavy atom. The van der Waals surface area contributed by atoms with E-state index in [1.54, 1.807) is 0 Å². The molecule has 0 aliphatic carbocycles. The first-order chi connectivity index (χ1) is 8.74. The number of nitrogen functional groups attached to an aromatic ring is 1. The molecule has 1 aromatic rings. The van der Waals surface area contributed by atoms with Crippen molar-refractivity contribution in [3.63, 3.8) is 0 Å². The molecule has 0 unspecified atom stereocenters. The number of nitro benzene ring substituents is 1. The van der Waals surface area contributed by atoms with Crippen molar-refractivity contribution in [1.29, 1.82) is 0 Å². The van der Waals surface area contributed by atoms with Crippen LogP contribution in [0.3, 0.4) is 0 Å². The molecule has 0 bridgehead atoms. The first-order valence-electron chi connectivity index (χ1n) is 5.06. The number of hydrogen-bond acceptors (Lipinski definition) is 6. The van der Waals surface area contributed by atoms with Crippen molar-refractivity contribution in [2.75, 3.05) is 12.3 Å². The predicted octanol–water partition coefficient (Wildman–Crippen LogP) is -0.669. The highest BCUT2D eigenvalue weighted by molar-refractivity contribution is 7.89. The maximum atomic E-state index is 11.8. The van der Waals surface area contributed by atoms with Gasteiger partial charge in [0.05, 0.1) is 10.6 Å². The maximum Gasteiger partial charge on any atom is 0.271 e. The zero-order valence-corrected chi connectivity index (χ0v) is 10.5. The molecule has 0 aliphatic rings. The molecule has 0 radical (unpaired) electrons. The highest BCUT2D eigenvalue weighted by Crippen LogP contribution is 2.23. The summed E-state index contributed by atoms with van der Waals surface area (Å²) in [4.78, 5) is 20.0. The van der Waals surface area contributed by atoms with Crippen LogP contribution in [-0.4, -0.2) is 25.8 Å². The number of primary amides is 1. The van der Waals surface area contributed by atoms with E-state index in [0.717, 1.165) is 18.2 Å². The van der Waals surface area contributed by atoms with E-state index >= 15 is 0 Å². The summed E-state index contributed by atoms with van der Waals surface area (Å²) in [6.07, 6.45) is -0.161. The molecule has 0 heterocycles. The Bertz CT molecular complexity index is 613. The van der Waals surface area contributed by atoms with Crippen LogP contribution in [0.2, 0.25) is 0 Å². The molecule has 0 saturated carbocycles.